The zero-order chi connectivity index (χ0) is 11.4. The van der Waals surface area contributed by atoms with E-state index in [4.69, 9.17) is 5.53 Å². The largest absolute Gasteiger partial charge is 0.241 e. The molecule has 16 heavy (non-hydrogen) atoms. The lowest BCUT2D eigenvalue weighted by molar-refractivity contribution is 0.628. The maximum absolute atomic E-state index is 12.7. The molecule has 2 aromatic rings. The van der Waals surface area contributed by atoms with Crippen LogP contribution in [0.4, 0.5) is 4.39 Å². The minimum atomic E-state index is -0.269. The van der Waals surface area contributed by atoms with E-state index in [9.17, 15) is 4.39 Å². The molecule has 1 aromatic heterocycles. The molecule has 0 saturated carbocycles. The fourth-order valence-electron chi connectivity index (χ4n) is 1.21. The summed E-state index contributed by atoms with van der Waals surface area (Å²) in [6.45, 7) is 0.244. The van der Waals surface area contributed by atoms with Gasteiger partial charge in [0.05, 0.1) is 12.2 Å². The van der Waals surface area contributed by atoms with Gasteiger partial charge in [-0.1, -0.05) is 5.11 Å². The highest BCUT2D eigenvalue weighted by Gasteiger charge is 2.03. The number of rotatable bonds is 3. The molecule has 1 heterocycles. The van der Waals surface area contributed by atoms with Gasteiger partial charge in [-0.05, 0) is 29.8 Å². The number of halogens is 1. The van der Waals surface area contributed by atoms with E-state index < -0.39 is 0 Å². The van der Waals surface area contributed by atoms with Crippen molar-refractivity contribution in [3.8, 4) is 10.6 Å². The Morgan fingerprint density at radius 1 is 1.38 bits per heavy atom. The van der Waals surface area contributed by atoms with Gasteiger partial charge in [0.15, 0.2) is 0 Å². The van der Waals surface area contributed by atoms with Gasteiger partial charge in [-0.3, -0.25) is 0 Å². The molecule has 0 aliphatic heterocycles. The quantitative estimate of drug-likeness (QED) is 0.453. The van der Waals surface area contributed by atoms with Gasteiger partial charge in [-0.15, -0.1) is 11.3 Å². The lowest BCUT2D eigenvalue weighted by Gasteiger charge is -1.94. The second kappa shape index (κ2) is 4.74. The molecular formula is C10H7FN4S. The molecule has 0 fully saturated rings. The molecule has 0 amide bonds. The second-order valence-electron chi connectivity index (χ2n) is 3.04. The third kappa shape index (κ3) is 2.36. The Morgan fingerprint density at radius 2 is 2.12 bits per heavy atom. The molecule has 0 unspecified atom stereocenters. The Morgan fingerprint density at radius 3 is 2.81 bits per heavy atom. The van der Waals surface area contributed by atoms with E-state index in [0.717, 1.165) is 16.3 Å². The molecule has 1 aromatic carbocycles. The van der Waals surface area contributed by atoms with Crippen molar-refractivity contribution in [1.29, 1.82) is 0 Å². The number of azide groups is 1. The first-order chi connectivity index (χ1) is 7.79. The van der Waals surface area contributed by atoms with E-state index in [0.29, 0.717) is 0 Å². The van der Waals surface area contributed by atoms with Gasteiger partial charge in [0, 0.05) is 15.9 Å². The van der Waals surface area contributed by atoms with Gasteiger partial charge in [-0.25, -0.2) is 9.37 Å². The summed E-state index contributed by atoms with van der Waals surface area (Å²) in [5, 5.41) is 6.05. The number of aromatic nitrogens is 1. The van der Waals surface area contributed by atoms with Gasteiger partial charge in [0.2, 0.25) is 0 Å². The molecule has 4 nitrogen and oxygen atoms in total. The van der Waals surface area contributed by atoms with Crippen LogP contribution in [-0.4, -0.2) is 4.98 Å². The highest BCUT2D eigenvalue weighted by molar-refractivity contribution is 7.13. The van der Waals surface area contributed by atoms with Crippen molar-refractivity contribution < 1.29 is 4.39 Å². The van der Waals surface area contributed by atoms with Gasteiger partial charge < -0.3 is 0 Å². The summed E-state index contributed by atoms with van der Waals surface area (Å²) in [7, 11) is 0. The number of thiazole rings is 1. The van der Waals surface area contributed by atoms with E-state index in [1.807, 2.05) is 5.38 Å². The highest BCUT2D eigenvalue weighted by Crippen LogP contribution is 2.24. The van der Waals surface area contributed by atoms with Crippen molar-refractivity contribution >= 4 is 11.3 Å². The Balaban J connectivity index is 2.24. The van der Waals surface area contributed by atoms with Crippen molar-refractivity contribution in [2.45, 2.75) is 6.54 Å². The molecule has 0 N–H and O–H groups in total. The van der Waals surface area contributed by atoms with E-state index in [1.54, 1.807) is 12.1 Å². The van der Waals surface area contributed by atoms with Crippen LogP contribution in [-0.2, 0) is 6.54 Å². The summed E-state index contributed by atoms with van der Waals surface area (Å²) in [5.74, 6) is -0.269. The van der Waals surface area contributed by atoms with Crippen molar-refractivity contribution in [2.75, 3.05) is 0 Å². The monoisotopic (exact) mass is 234 g/mol. The molecule has 0 aliphatic carbocycles. The first-order valence-corrected chi connectivity index (χ1v) is 5.39. The van der Waals surface area contributed by atoms with Crippen LogP contribution in [0.25, 0.3) is 21.0 Å². The number of hydrogen-bond donors (Lipinski definition) is 0. The minimum absolute atomic E-state index is 0.244. The molecule has 0 radical (unpaired) electrons. The lowest BCUT2D eigenvalue weighted by atomic mass is 10.2. The number of hydrogen-bond acceptors (Lipinski definition) is 3. The van der Waals surface area contributed by atoms with Crippen LogP contribution in [0.15, 0.2) is 34.8 Å². The summed E-state index contributed by atoms with van der Waals surface area (Å²) >= 11 is 1.44. The number of benzene rings is 1. The van der Waals surface area contributed by atoms with Crippen LogP contribution in [0, 0.1) is 5.82 Å². The van der Waals surface area contributed by atoms with Crippen LogP contribution < -0.4 is 0 Å². The Labute approximate surface area is 95.0 Å². The SMILES string of the molecule is [N-]=[N+]=NCc1csc(-c2ccc(F)cc2)n1. The maximum Gasteiger partial charge on any atom is 0.123 e. The predicted molar refractivity (Wildman–Crippen MR) is 60.4 cm³/mol. The van der Waals surface area contributed by atoms with Crippen molar-refractivity contribution in [2.24, 2.45) is 5.11 Å². The number of nitrogens with zero attached hydrogens (tertiary/aromatic N) is 4. The average Bonchev–Trinajstić information content (AvgIpc) is 2.76. The van der Waals surface area contributed by atoms with E-state index in [-0.39, 0.29) is 12.4 Å². The van der Waals surface area contributed by atoms with E-state index in [1.165, 1.54) is 23.5 Å². The maximum atomic E-state index is 12.7. The second-order valence-corrected chi connectivity index (χ2v) is 3.90. The van der Waals surface area contributed by atoms with Crippen molar-refractivity contribution in [3.63, 3.8) is 0 Å². The fraction of sp³-hybridized carbons (Fsp3) is 0.100. The van der Waals surface area contributed by atoms with Crippen molar-refractivity contribution in [1.82, 2.24) is 4.98 Å². The molecule has 2 rings (SSSR count). The average molecular weight is 234 g/mol. The molecule has 0 spiro atoms. The topological polar surface area (TPSA) is 61.7 Å². The summed E-state index contributed by atoms with van der Waals surface area (Å²) in [6.07, 6.45) is 0. The van der Waals surface area contributed by atoms with E-state index in [2.05, 4.69) is 15.0 Å². The third-order valence-electron chi connectivity index (χ3n) is 1.94. The van der Waals surface area contributed by atoms with Crippen LogP contribution in [0.2, 0.25) is 0 Å². The Kier molecular flexibility index (Phi) is 3.14. The first kappa shape index (κ1) is 10.6. The fourth-order valence-corrected chi connectivity index (χ4v) is 2.03. The smallest absolute Gasteiger partial charge is 0.123 e. The molecule has 0 aliphatic rings. The lowest BCUT2D eigenvalue weighted by Crippen LogP contribution is -1.81. The van der Waals surface area contributed by atoms with Crippen LogP contribution >= 0.6 is 11.3 Å². The summed E-state index contributed by atoms with van der Waals surface area (Å²) in [6, 6.07) is 6.13. The van der Waals surface area contributed by atoms with Crippen LogP contribution in [0.5, 0.6) is 0 Å². The van der Waals surface area contributed by atoms with Crippen molar-refractivity contribution in [3.05, 3.63) is 51.6 Å². The summed E-state index contributed by atoms with van der Waals surface area (Å²) in [5.41, 5.74) is 9.76. The van der Waals surface area contributed by atoms with Crippen LogP contribution in [0.3, 0.4) is 0 Å². The Bertz CT molecular complexity index is 528. The highest BCUT2D eigenvalue weighted by atomic mass is 32.1. The molecule has 0 bridgehead atoms. The van der Waals surface area contributed by atoms with E-state index >= 15 is 0 Å². The summed E-state index contributed by atoms with van der Waals surface area (Å²) in [4.78, 5) is 6.94. The normalized spacial score (nSPS) is 9.81. The van der Waals surface area contributed by atoms with Gasteiger partial charge in [0.1, 0.15) is 10.8 Å². The molecule has 0 saturated heterocycles. The minimum Gasteiger partial charge on any atom is -0.241 e. The molecule has 6 heteroatoms. The molecule has 80 valence electrons. The molecule has 0 atom stereocenters. The molecular weight excluding hydrogens is 227 g/mol. The summed E-state index contributed by atoms with van der Waals surface area (Å²) < 4.78 is 12.7. The predicted octanol–water partition coefficient (Wildman–Crippen LogP) is 3.76. The van der Waals surface area contributed by atoms with Gasteiger partial charge in [0.25, 0.3) is 0 Å². The zero-order valence-corrected chi connectivity index (χ0v) is 8.99. The van der Waals surface area contributed by atoms with Gasteiger partial charge >= 0.3 is 0 Å². The Hall–Kier alpha value is -1.91. The van der Waals surface area contributed by atoms with Gasteiger partial charge in [-0.2, -0.15) is 0 Å². The standard InChI is InChI=1S/C10H7FN4S/c11-8-3-1-7(2-4-8)10-14-9(6-16-10)5-13-15-12/h1-4,6H,5H2. The zero-order valence-electron chi connectivity index (χ0n) is 8.17. The van der Waals surface area contributed by atoms with Crippen LogP contribution in [0.1, 0.15) is 5.69 Å². The first-order valence-electron chi connectivity index (χ1n) is 4.51. The third-order valence-corrected chi connectivity index (χ3v) is 2.88.